The van der Waals surface area contributed by atoms with Gasteiger partial charge >= 0.3 is 0 Å². The van der Waals surface area contributed by atoms with Crippen LogP contribution in [0.4, 0.5) is 0 Å². The Labute approximate surface area is 118 Å². The van der Waals surface area contributed by atoms with Crippen LogP contribution in [0, 0.1) is 0 Å². The van der Waals surface area contributed by atoms with Crippen molar-refractivity contribution in [1.29, 1.82) is 0 Å². The van der Waals surface area contributed by atoms with Crippen molar-refractivity contribution in [3.63, 3.8) is 0 Å². The normalized spacial score (nSPS) is 11.4. The van der Waals surface area contributed by atoms with Gasteiger partial charge in [0.2, 0.25) is 4.96 Å². The Morgan fingerprint density at radius 1 is 0.947 bits per heavy atom. The first-order valence-corrected chi connectivity index (χ1v) is 7.01. The molecule has 0 aliphatic rings. The molecule has 0 fully saturated rings. The van der Waals surface area contributed by atoms with Crippen molar-refractivity contribution < 1.29 is 0 Å². The first kappa shape index (κ1) is 11.0. The summed E-state index contributed by atoms with van der Waals surface area (Å²) in [5.74, 6) is 0.829. The molecule has 0 aliphatic heterocycles. The van der Waals surface area contributed by atoms with E-state index in [4.69, 9.17) is 11.6 Å². The summed E-state index contributed by atoms with van der Waals surface area (Å²) < 4.78 is 3.15. The largest absolute Gasteiger partial charge is 0.264 e. The fraction of sp³-hybridized carbons (Fsp3) is 0. The summed E-state index contributed by atoms with van der Waals surface area (Å²) in [5.41, 5.74) is 2.02. The molecule has 0 saturated heterocycles. The van der Waals surface area contributed by atoms with Gasteiger partial charge in [-0.25, -0.2) is 0 Å². The van der Waals surface area contributed by atoms with E-state index in [-0.39, 0.29) is 0 Å². The predicted molar refractivity (Wildman–Crippen MR) is 78.8 cm³/mol. The molecule has 0 unspecified atom stereocenters. The number of halogens is 1. The minimum atomic E-state index is 0.723. The maximum Gasteiger partial charge on any atom is 0.217 e. The predicted octanol–water partition coefficient (Wildman–Crippen LogP) is 4.26. The number of hydrogen-bond acceptors (Lipinski definition) is 3. The first-order chi connectivity index (χ1) is 9.34. The van der Waals surface area contributed by atoms with Gasteiger partial charge in [-0.1, -0.05) is 59.3 Å². The van der Waals surface area contributed by atoms with E-state index in [0.29, 0.717) is 0 Å². The zero-order valence-electron chi connectivity index (χ0n) is 9.75. The Morgan fingerprint density at radius 3 is 2.63 bits per heavy atom. The molecule has 0 atom stereocenters. The molecule has 2 aromatic carbocycles. The van der Waals surface area contributed by atoms with Crippen LogP contribution in [-0.4, -0.2) is 14.6 Å². The molecular formula is C14H8ClN3S. The Balaban J connectivity index is 2.16. The summed E-state index contributed by atoms with van der Waals surface area (Å²) in [6.07, 6.45) is 0. The van der Waals surface area contributed by atoms with Crippen molar-refractivity contribution in [2.24, 2.45) is 0 Å². The second-order valence-electron chi connectivity index (χ2n) is 4.20. The molecule has 0 N–H and O–H groups in total. The number of benzene rings is 2. The van der Waals surface area contributed by atoms with Crippen LogP contribution in [-0.2, 0) is 0 Å². The lowest BCUT2D eigenvalue weighted by Crippen LogP contribution is -1.88. The van der Waals surface area contributed by atoms with Crippen molar-refractivity contribution in [3.8, 4) is 11.4 Å². The lowest BCUT2D eigenvalue weighted by atomic mass is 10.2. The van der Waals surface area contributed by atoms with Crippen LogP contribution >= 0.6 is 22.9 Å². The van der Waals surface area contributed by atoms with Crippen molar-refractivity contribution in [1.82, 2.24) is 14.6 Å². The van der Waals surface area contributed by atoms with Gasteiger partial charge in [-0.15, -0.1) is 10.2 Å². The van der Waals surface area contributed by atoms with Crippen molar-refractivity contribution in [2.45, 2.75) is 0 Å². The molecule has 0 aliphatic carbocycles. The minimum Gasteiger partial charge on any atom is -0.264 e. The third-order valence-corrected chi connectivity index (χ3v) is 4.34. The van der Waals surface area contributed by atoms with Crippen LogP contribution in [0.5, 0.6) is 0 Å². The Hall–Kier alpha value is -1.91. The monoisotopic (exact) mass is 285 g/mol. The number of thiazole rings is 1. The molecule has 2 heterocycles. The number of fused-ring (bicyclic) bond motifs is 3. The summed E-state index contributed by atoms with van der Waals surface area (Å²) in [4.78, 5) is 0.863. The van der Waals surface area contributed by atoms with Crippen LogP contribution in [0.25, 0.3) is 26.6 Å². The minimum absolute atomic E-state index is 0.723. The van der Waals surface area contributed by atoms with Gasteiger partial charge in [-0.2, -0.15) is 0 Å². The summed E-state index contributed by atoms with van der Waals surface area (Å²) in [6.45, 7) is 0. The zero-order valence-corrected chi connectivity index (χ0v) is 11.3. The van der Waals surface area contributed by atoms with E-state index < -0.39 is 0 Å². The molecule has 4 aromatic rings. The van der Waals surface area contributed by atoms with Gasteiger partial charge in [-0.3, -0.25) is 4.40 Å². The van der Waals surface area contributed by atoms with Crippen LogP contribution in [0.1, 0.15) is 0 Å². The fourth-order valence-corrected chi connectivity index (χ4v) is 3.51. The van der Waals surface area contributed by atoms with Crippen molar-refractivity contribution in [2.75, 3.05) is 0 Å². The Bertz CT molecular complexity index is 880. The smallest absolute Gasteiger partial charge is 0.217 e. The molecule has 0 bridgehead atoms. The molecule has 92 valence electrons. The fourth-order valence-electron chi connectivity index (χ4n) is 2.21. The topological polar surface area (TPSA) is 30.2 Å². The van der Waals surface area contributed by atoms with Gasteiger partial charge < -0.3 is 0 Å². The van der Waals surface area contributed by atoms with E-state index in [1.807, 2.05) is 46.9 Å². The highest BCUT2D eigenvalue weighted by Gasteiger charge is 2.15. The highest BCUT2D eigenvalue weighted by atomic mass is 35.5. The summed E-state index contributed by atoms with van der Waals surface area (Å²) in [7, 11) is 0. The average Bonchev–Trinajstić information content (AvgIpc) is 2.98. The molecule has 0 amide bonds. The van der Waals surface area contributed by atoms with Gasteiger partial charge in [0.25, 0.3) is 0 Å². The molecule has 0 spiro atoms. The number of aromatic nitrogens is 3. The highest BCUT2D eigenvalue weighted by Crippen LogP contribution is 2.33. The highest BCUT2D eigenvalue weighted by molar-refractivity contribution is 7.23. The molecule has 0 saturated carbocycles. The molecule has 5 heteroatoms. The maximum atomic E-state index is 6.32. The Kier molecular flexibility index (Phi) is 2.33. The Morgan fingerprint density at radius 2 is 1.79 bits per heavy atom. The maximum absolute atomic E-state index is 6.32. The van der Waals surface area contributed by atoms with Gasteiger partial charge in [-0.05, 0) is 12.1 Å². The third kappa shape index (κ3) is 1.57. The van der Waals surface area contributed by atoms with E-state index in [2.05, 4.69) is 16.3 Å². The standard InChI is InChI=1S/C14H8ClN3S/c15-10-7-4-8-11-12(10)18-13(16-17-14(18)19-11)9-5-2-1-3-6-9/h1-8H. The van der Waals surface area contributed by atoms with E-state index >= 15 is 0 Å². The number of hydrogen-bond donors (Lipinski definition) is 0. The van der Waals surface area contributed by atoms with Crippen LogP contribution < -0.4 is 0 Å². The molecule has 3 nitrogen and oxygen atoms in total. The molecular weight excluding hydrogens is 278 g/mol. The van der Waals surface area contributed by atoms with Crippen LogP contribution in [0.2, 0.25) is 5.02 Å². The van der Waals surface area contributed by atoms with E-state index in [0.717, 1.165) is 31.6 Å². The molecule has 0 radical (unpaired) electrons. The molecule has 4 rings (SSSR count). The SMILES string of the molecule is Clc1cccc2sc3nnc(-c4ccccc4)n3c12. The third-order valence-electron chi connectivity index (χ3n) is 3.04. The number of para-hydroxylation sites is 1. The second kappa shape index (κ2) is 4.05. The van der Waals surface area contributed by atoms with Gasteiger partial charge in [0.15, 0.2) is 5.82 Å². The second-order valence-corrected chi connectivity index (χ2v) is 5.61. The van der Waals surface area contributed by atoms with Crippen molar-refractivity contribution in [3.05, 3.63) is 53.6 Å². The van der Waals surface area contributed by atoms with Gasteiger partial charge in [0.1, 0.15) is 0 Å². The lowest BCUT2D eigenvalue weighted by Gasteiger charge is -2.00. The molecule has 19 heavy (non-hydrogen) atoms. The lowest BCUT2D eigenvalue weighted by molar-refractivity contribution is 1.12. The number of rotatable bonds is 1. The zero-order chi connectivity index (χ0) is 12.8. The quantitative estimate of drug-likeness (QED) is 0.523. The van der Waals surface area contributed by atoms with Crippen LogP contribution in [0.15, 0.2) is 48.5 Å². The van der Waals surface area contributed by atoms with E-state index in [9.17, 15) is 0 Å². The van der Waals surface area contributed by atoms with Crippen molar-refractivity contribution >= 4 is 38.1 Å². The first-order valence-electron chi connectivity index (χ1n) is 5.82. The van der Waals surface area contributed by atoms with E-state index in [1.165, 1.54) is 0 Å². The van der Waals surface area contributed by atoms with Gasteiger partial charge in [0, 0.05) is 5.56 Å². The summed E-state index contributed by atoms with van der Waals surface area (Å²) in [5, 5.41) is 9.25. The summed E-state index contributed by atoms with van der Waals surface area (Å²) in [6, 6.07) is 15.9. The molecule has 2 aromatic heterocycles. The summed E-state index contributed by atoms with van der Waals surface area (Å²) >= 11 is 7.92. The van der Waals surface area contributed by atoms with Gasteiger partial charge in [0.05, 0.1) is 15.2 Å². The van der Waals surface area contributed by atoms with Crippen LogP contribution in [0.3, 0.4) is 0 Å². The van der Waals surface area contributed by atoms with E-state index in [1.54, 1.807) is 11.3 Å². The average molecular weight is 286 g/mol. The number of nitrogens with zero attached hydrogens (tertiary/aromatic N) is 3.